The van der Waals surface area contributed by atoms with Crippen LogP contribution in [0.5, 0.6) is 0 Å². The summed E-state index contributed by atoms with van der Waals surface area (Å²) in [6.07, 6.45) is 1.18. The second-order valence-electron chi connectivity index (χ2n) is 4.46. The number of nitrogens with one attached hydrogen (secondary N) is 3. The fourth-order valence-corrected chi connectivity index (χ4v) is 2.00. The molecule has 0 aliphatic carbocycles. The lowest BCUT2D eigenvalue weighted by atomic mass is 10.0. The van der Waals surface area contributed by atoms with Gasteiger partial charge in [0.1, 0.15) is 6.04 Å². The second kappa shape index (κ2) is 5.70. The van der Waals surface area contributed by atoms with Gasteiger partial charge in [-0.05, 0) is 0 Å². The van der Waals surface area contributed by atoms with Crippen molar-refractivity contribution in [2.45, 2.75) is 31.5 Å². The lowest BCUT2D eigenvalue weighted by molar-refractivity contribution is -0.147. The van der Waals surface area contributed by atoms with Crippen molar-refractivity contribution in [2.24, 2.45) is 0 Å². The maximum atomic E-state index is 12.0. The van der Waals surface area contributed by atoms with Crippen molar-refractivity contribution in [1.29, 1.82) is 0 Å². The van der Waals surface area contributed by atoms with E-state index in [1.807, 2.05) is 0 Å². The molecule has 0 saturated carbocycles. The van der Waals surface area contributed by atoms with E-state index in [4.69, 9.17) is 10.2 Å². The smallest absolute Gasteiger partial charge is 0.326 e. The second-order valence-corrected chi connectivity index (χ2v) is 4.46. The SMILES string of the molecule is O=C(O)C[C@H](NC(=O)[C@@H]1Cc2nc[nH]c2CN1)C(=O)O. The summed E-state index contributed by atoms with van der Waals surface area (Å²) in [7, 11) is 0. The molecule has 9 nitrogen and oxygen atoms in total. The topological polar surface area (TPSA) is 144 Å². The number of aromatic nitrogens is 2. The maximum absolute atomic E-state index is 12.0. The Morgan fingerprint density at radius 3 is 2.85 bits per heavy atom. The van der Waals surface area contributed by atoms with Gasteiger partial charge in [-0.2, -0.15) is 0 Å². The van der Waals surface area contributed by atoms with Gasteiger partial charge in [0.25, 0.3) is 0 Å². The molecule has 5 N–H and O–H groups in total. The van der Waals surface area contributed by atoms with Crippen molar-refractivity contribution in [3.05, 3.63) is 17.7 Å². The van der Waals surface area contributed by atoms with E-state index >= 15 is 0 Å². The van der Waals surface area contributed by atoms with Gasteiger partial charge in [-0.1, -0.05) is 0 Å². The van der Waals surface area contributed by atoms with Crippen LogP contribution in [-0.4, -0.2) is 50.1 Å². The molecule has 0 saturated heterocycles. The molecule has 1 aromatic heterocycles. The van der Waals surface area contributed by atoms with Crippen LogP contribution in [0.2, 0.25) is 0 Å². The number of carbonyl (C=O) groups is 3. The highest BCUT2D eigenvalue weighted by atomic mass is 16.4. The molecule has 2 heterocycles. The summed E-state index contributed by atoms with van der Waals surface area (Å²) in [6.45, 7) is 0.421. The molecule has 0 fully saturated rings. The molecule has 0 bridgehead atoms. The molecule has 1 aromatic rings. The molecule has 1 aliphatic heterocycles. The lowest BCUT2D eigenvalue weighted by Crippen LogP contribution is -2.52. The van der Waals surface area contributed by atoms with E-state index in [0.29, 0.717) is 13.0 Å². The van der Waals surface area contributed by atoms with Crippen LogP contribution in [0.3, 0.4) is 0 Å². The summed E-state index contributed by atoms with van der Waals surface area (Å²) in [5, 5.41) is 22.6. The number of aromatic amines is 1. The van der Waals surface area contributed by atoms with Crippen LogP contribution in [0, 0.1) is 0 Å². The zero-order chi connectivity index (χ0) is 14.7. The largest absolute Gasteiger partial charge is 0.481 e. The number of hydrogen-bond acceptors (Lipinski definition) is 5. The van der Waals surface area contributed by atoms with E-state index in [0.717, 1.165) is 11.4 Å². The van der Waals surface area contributed by atoms with Crippen molar-refractivity contribution in [3.8, 4) is 0 Å². The number of H-pyrrole nitrogens is 1. The zero-order valence-electron chi connectivity index (χ0n) is 10.4. The molecule has 20 heavy (non-hydrogen) atoms. The third kappa shape index (κ3) is 3.12. The Balaban J connectivity index is 1.98. The quantitative estimate of drug-likeness (QED) is 0.440. The average Bonchev–Trinajstić information content (AvgIpc) is 2.84. The number of rotatable bonds is 5. The van der Waals surface area contributed by atoms with Crippen LogP contribution >= 0.6 is 0 Å². The summed E-state index contributed by atoms with van der Waals surface area (Å²) < 4.78 is 0. The van der Waals surface area contributed by atoms with Gasteiger partial charge in [0.15, 0.2) is 0 Å². The van der Waals surface area contributed by atoms with Crippen LogP contribution < -0.4 is 10.6 Å². The van der Waals surface area contributed by atoms with Crippen LogP contribution in [0.15, 0.2) is 6.33 Å². The van der Waals surface area contributed by atoms with Crippen LogP contribution in [0.4, 0.5) is 0 Å². The monoisotopic (exact) mass is 282 g/mol. The Hall–Kier alpha value is -2.42. The number of carbonyl (C=O) groups excluding carboxylic acids is 1. The molecule has 0 unspecified atom stereocenters. The predicted molar refractivity (Wildman–Crippen MR) is 64.7 cm³/mol. The Labute approximate surface area is 113 Å². The lowest BCUT2D eigenvalue weighted by Gasteiger charge is -2.23. The molecule has 2 rings (SSSR count). The number of aliphatic carboxylic acids is 2. The van der Waals surface area contributed by atoms with Crippen LogP contribution in [0.1, 0.15) is 17.8 Å². The predicted octanol–water partition coefficient (Wildman–Crippen LogP) is -1.53. The number of imidazole rings is 1. The summed E-state index contributed by atoms with van der Waals surface area (Å²) in [4.78, 5) is 40.4. The summed E-state index contributed by atoms with van der Waals surface area (Å²) in [5.74, 6) is -3.21. The molecule has 0 radical (unpaired) electrons. The highest BCUT2D eigenvalue weighted by Gasteiger charge is 2.30. The summed E-state index contributed by atoms with van der Waals surface area (Å²) in [6, 6.07) is -2.07. The Morgan fingerprint density at radius 2 is 2.20 bits per heavy atom. The normalized spacial score (nSPS) is 18.9. The zero-order valence-corrected chi connectivity index (χ0v) is 10.4. The number of fused-ring (bicyclic) bond motifs is 1. The molecular weight excluding hydrogens is 268 g/mol. The Morgan fingerprint density at radius 1 is 1.45 bits per heavy atom. The standard InChI is InChI=1S/C11H14N4O5/c16-9(17)2-7(11(19)20)15-10(18)6-1-5-8(3-12-6)14-4-13-5/h4,6-7,12H,1-3H2,(H,13,14)(H,15,18)(H,16,17)(H,19,20)/t6-,7-/m0/s1. The molecule has 1 aliphatic rings. The minimum Gasteiger partial charge on any atom is -0.481 e. The Bertz CT molecular complexity index is 541. The summed E-state index contributed by atoms with van der Waals surface area (Å²) >= 11 is 0. The average molecular weight is 282 g/mol. The van der Waals surface area contributed by atoms with Gasteiger partial charge < -0.3 is 20.5 Å². The minimum absolute atomic E-state index is 0.323. The van der Waals surface area contributed by atoms with Crippen molar-refractivity contribution >= 4 is 17.8 Å². The molecule has 2 atom stereocenters. The number of amides is 1. The highest BCUT2D eigenvalue weighted by molar-refractivity contribution is 5.89. The minimum atomic E-state index is -1.44. The molecular formula is C11H14N4O5. The first-order valence-electron chi connectivity index (χ1n) is 5.97. The number of nitrogens with zero attached hydrogens (tertiary/aromatic N) is 1. The van der Waals surface area contributed by atoms with E-state index in [-0.39, 0.29) is 0 Å². The molecule has 0 aromatic carbocycles. The van der Waals surface area contributed by atoms with Gasteiger partial charge in [-0.15, -0.1) is 0 Å². The van der Waals surface area contributed by atoms with E-state index in [9.17, 15) is 14.4 Å². The Kier molecular flexibility index (Phi) is 3.99. The highest BCUT2D eigenvalue weighted by Crippen LogP contribution is 2.12. The van der Waals surface area contributed by atoms with Crippen molar-refractivity contribution in [3.63, 3.8) is 0 Å². The van der Waals surface area contributed by atoms with Crippen LogP contribution in [-0.2, 0) is 27.3 Å². The van der Waals surface area contributed by atoms with Gasteiger partial charge in [-0.3, -0.25) is 14.9 Å². The van der Waals surface area contributed by atoms with Crippen LogP contribution in [0.25, 0.3) is 0 Å². The van der Waals surface area contributed by atoms with E-state index in [1.165, 1.54) is 6.33 Å². The van der Waals surface area contributed by atoms with Gasteiger partial charge in [0, 0.05) is 13.0 Å². The first-order chi connectivity index (χ1) is 9.47. The fourth-order valence-electron chi connectivity index (χ4n) is 2.00. The van der Waals surface area contributed by atoms with Gasteiger partial charge in [0.2, 0.25) is 5.91 Å². The third-order valence-electron chi connectivity index (χ3n) is 3.04. The van der Waals surface area contributed by atoms with E-state index in [1.54, 1.807) is 0 Å². The van der Waals surface area contributed by atoms with Crippen molar-refractivity contribution < 1.29 is 24.6 Å². The maximum Gasteiger partial charge on any atom is 0.326 e. The van der Waals surface area contributed by atoms with E-state index < -0.39 is 36.4 Å². The summed E-state index contributed by atoms with van der Waals surface area (Å²) in [5.41, 5.74) is 1.63. The molecule has 0 spiro atoms. The molecule has 108 valence electrons. The van der Waals surface area contributed by atoms with E-state index in [2.05, 4.69) is 20.6 Å². The van der Waals surface area contributed by atoms with Gasteiger partial charge in [0.05, 0.1) is 30.2 Å². The van der Waals surface area contributed by atoms with Gasteiger partial charge >= 0.3 is 11.9 Å². The molecule has 9 heteroatoms. The first-order valence-corrected chi connectivity index (χ1v) is 5.97. The third-order valence-corrected chi connectivity index (χ3v) is 3.04. The van der Waals surface area contributed by atoms with Crippen molar-refractivity contribution in [2.75, 3.05) is 0 Å². The van der Waals surface area contributed by atoms with Crippen molar-refractivity contribution in [1.82, 2.24) is 20.6 Å². The number of hydrogen-bond donors (Lipinski definition) is 5. The first kappa shape index (κ1) is 14.0. The van der Waals surface area contributed by atoms with Gasteiger partial charge in [-0.25, -0.2) is 9.78 Å². The fraction of sp³-hybridized carbons (Fsp3) is 0.455. The number of carboxylic acids is 2. The molecule has 1 amide bonds. The number of carboxylic acid groups (broad SMARTS) is 2.